The first-order chi connectivity index (χ1) is 20.0. The van der Waals surface area contributed by atoms with E-state index < -0.39 is 6.04 Å². The van der Waals surface area contributed by atoms with Crippen molar-refractivity contribution in [2.45, 2.75) is 12.6 Å². The monoisotopic (exact) mass is 580 g/mol. The Labute approximate surface area is 245 Å². The van der Waals surface area contributed by atoms with Crippen molar-refractivity contribution < 1.29 is 9.21 Å². The van der Waals surface area contributed by atoms with Gasteiger partial charge < -0.3 is 14.3 Å². The van der Waals surface area contributed by atoms with Gasteiger partial charge in [0.05, 0.1) is 18.1 Å². The molecular weight excluding hydrogens is 559 g/mol. The second-order valence-corrected chi connectivity index (χ2v) is 10.1. The molecule has 0 aliphatic rings. The Morgan fingerprint density at radius 3 is 2.20 bits per heavy atom. The molecule has 1 N–H and O–H groups in total. The van der Waals surface area contributed by atoms with Crippen molar-refractivity contribution in [1.29, 1.82) is 0 Å². The van der Waals surface area contributed by atoms with Gasteiger partial charge in [0.1, 0.15) is 0 Å². The lowest BCUT2D eigenvalue weighted by molar-refractivity contribution is 0.0932. The number of benzene rings is 3. The molecule has 0 aliphatic heterocycles. The van der Waals surface area contributed by atoms with E-state index in [0.29, 0.717) is 39.5 Å². The zero-order chi connectivity index (χ0) is 28.2. The van der Waals surface area contributed by atoms with Crippen LogP contribution in [0.2, 0.25) is 10.0 Å². The van der Waals surface area contributed by atoms with Gasteiger partial charge in [0.2, 0.25) is 11.8 Å². The molecule has 1 amide bonds. The van der Waals surface area contributed by atoms with E-state index in [1.165, 1.54) is 0 Å². The van der Waals surface area contributed by atoms with Gasteiger partial charge in [-0.05, 0) is 66.2 Å². The molecule has 10 heteroatoms. The third kappa shape index (κ3) is 6.04. The summed E-state index contributed by atoms with van der Waals surface area (Å²) in [5.41, 5.74) is 4.60. The predicted molar refractivity (Wildman–Crippen MR) is 157 cm³/mol. The Balaban J connectivity index is 1.17. The molecule has 3 aromatic carbocycles. The van der Waals surface area contributed by atoms with Gasteiger partial charge in [0, 0.05) is 57.4 Å². The van der Waals surface area contributed by atoms with Gasteiger partial charge >= 0.3 is 0 Å². The molecule has 41 heavy (non-hydrogen) atoms. The van der Waals surface area contributed by atoms with Crippen molar-refractivity contribution in [1.82, 2.24) is 30.0 Å². The molecule has 0 saturated carbocycles. The van der Waals surface area contributed by atoms with Crippen molar-refractivity contribution in [3.8, 4) is 34.2 Å². The fraction of sp³-hybridized carbons (Fsp3) is 0.0645. The van der Waals surface area contributed by atoms with Crippen LogP contribution in [0, 0.1) is 0 Å². The fourth-order valence-electron chi connectivity index (χ4n) is 4.39. The molecule has 202 valence electrons. The lowest BCUT2D eigenvalue weighted by atomic mass is 10.1. The highest BCUT2D eigenvalue weighted by molar-refractivity contribution is 6.35. The largest absolute Gasteiger partial charge is 0.416 e. The molecule has 0 bridgehead atoms. The summed E-state index contributed by atoms with van der Waals surface area (Å²) in [6.07, 6.45) is 6.95. The quantitative estimate of drug-likeness (QED) is 0.205. The first kappa shape index (κ1) is 26.4. The lowest BCUT2D eigenvalue weighted by Gasteiger charge is -2.21. The second kappa shape index (κ2) is 11.8. The lowest BCUT2D eigenvalue weighted by Crippen LogP contribution is -2.31. The molecule has 0 unspecified atom stereocenters. The Hall–Kier alpha value is -4.79. The molecule has 0 saturated heterocycles. The number of carbonyl (C=O) groups excluding carboxylic acids is 1. The van der Waals surface area contributed by atoms with Crippen molar-refractivity contribution >= 4 is 29.1 Å². The zero-order valence-electron chi connectivity index (χ0n) is 21.5. The van der Waals surface area contributed by atoms with Gasteiger partial charge in [-0.15, -0.1) is 10.2 Å². The number of carbonyl (C=O) groups is 1. The Morgan fingerprint density at radius 2 is 1.56 bits per heavy atom. The number of hydrogen-bond acceptors (Lipinski definition) is 6. The van der Waals surface area contributed by atoms with E-state index in [0.717, 1.165) is 22.4 Å². The highest BCUT2D eigenvalue weighted by Crippen LogP contribution is 2.29. The zero-order valence-corrected chi connectivity index (χ0v) is 23.0. The van der Waals surface area contributed by atoms with Gasteiger partial charge in [-0.1, -0.05) is 47.5 Å². The minimum Gasteiger partial charge on any atom is -0.416 e. The van der Waals surface area contributed by atoms with Gasteiger partial charge in [-0.2, -0.15) is 0 Å². The van der Waals surface area contributed by atoms with Gasteiger partial charge in [0.15, 0.2) is 0 Å². The van der Waals surface area contributed by atoms with Crippen molar-refractivity contribution in [2.24, 2.45) is 0 Å². The number of halogens is 2. The van der Waals surface area contributed by atoms with E-state index in [1.54, 1.807) is 55.1 Å². The smallest absolute Gasteiger partial charge is 0.251 e. The molecule has 0 spiro atoms. The number of hydrogen-bond donors (Lipinski definition) is 1. The van der Waals surface area contributed by atoms with Crippen molar-refractivity contribution in [3.05, 3.63) is 131 Å². The minimum absolute atomic E-state index is 0.258. The molecule has 8 nitrogen and oxygen atoms in total. The van der Waals surface area contributed by atoms with Crippen LogP contribution in [0.5, 0.6) is 0 Å². The Kier molecular flexibility index (Phi) is 7.58. The average molecular weight is 581 g/mol. The highest BCUT2D eigenvalue weighted by Gasteiger charge is 2.20. The SMILES string of the molecule is O=C(N[C@@H](Cn1ccnc1)c1ccc(Cl)cc1Cl)c1ccc(-c2nnc(-c3ccc(-c4ccccn4)cc3)o2)cc1. The van der Waals surface area contributed by atoms with E-state index in [2.05, 4.69) is 25.5 Å². The van der Waals surface area contributed by atoms with E-state index in [-0.39, 0.29) is 5.91 Å². The van der Waals surface area contributed by atoms with Crippen LogP contribution in [0.4, 0.5) is 0 Å². The Morgan fingerprint density at radius 1 is 0.854 bits per heavy atom. The van der Waals surface area contributed by atoms with Crippen LogP contribution < -0.4 is 5.32 Å². The van der Waals surface area contributed by atoms with Crippen LogP contribution in [0.25, 0.3) is 34.2 Å². The van der Waals surface area contributed by atoms with Crippen molar-refractivity contribution in [3.63, 3.8) is 0 Å². The van der Waals surface area contributed by atoms with E-state index in [9.17, 15) is 4.79 Å². The highest BCUT2D eigenvalue weighted by atomic mass is 35.5. The number of aromatic nitrogens is 5. The molecule has 0 aliphatic carbocycles. The number of nitrogens with one attached hydrogen (secondary N) is 1. The van der Waals surface area contributed by atoms with Crippen LogP contribution in [0.3, 0.4) is 0 Å². The van der Waals surface area contributed by atoms with Crippen LogP contribution >= 0.6 is 23.2 Å². The summed E-state index contributed by atoms with van der Waals surface area (Å²) in [7, 11) is 0. The number of pyridine rings is 1. The molecule has 0 radical (unpaired) electrons. The second-order valence-electron chi connectivity index (χ2n) is 9.23. The molecule has 0 fully saturated rings. The summed E-state index contributed by atoms with van der Waals surface area (Å²) in [6, 6.07) is 25.3. The number of nitrogens with zero attached hydrogens (tertiary/aromatic N) is 5. The summed E-state index contributed by atoms with van der Waals surface area (Å²) < 4.78 is 7.81. The summed E-state index contributed by atoms with van der Waals surface area (Å²) in [6.45, 7) is 0.443. The average Bonchev–Trinajstić information content (AvgIpc) is 3.71. The standard InChI is InChI=1S/C31H22Cl2N6O2/c32-24-12-13-25(26(33)17-24)28(18-39-16-15-34-19-39)36-29(40)21-6-10-23(11-7-21)31-38-37-30(41-31)22-8-4-20(5-9-22)27-3-1-2-14-35-27/h1-17,19,28H,18H2,(H,36,40)/t28-/m0/s1. The van der Waals surface area contributed by atoms with Crippen LogP contribution in [-0.4, -0.2) is 30.6 Å². The van der Waals surface area contributed by atoms with Gasteiger partial charge in [-0.25, -0.2) is 4.98 Å². The summed E-state index contributed by atoms with van der Waals surface area (Å²) in [4.78, 5) is 21.7. The fourth-order valence-corrected chi connectivity index (χ4v) is 4.93. The number of rotatable bonds is 8. The molecule has 3 heterocycles. The maximum absolute atomic E-state index is 13.2. The maximum Gasteiger partial charge on any atom is 0.251 e. The van der Waals surface area contributed by atoms with Gasteiger partial charge in [-0.3, -0.25) is 9.78 Å². The summed E-state index contributed by atoms with van der Waals surface area (Å²) >= 11 is 12.6. The minimum atomic E-state index is -0.413. The first-order valence-electron chi connectivity index (χ1n) is 12.7. The first-order valence-corrected chi connectivity index (χ1v) is 13.5. The molecule has 3 aromatic heterocycles. The van der Waals surface area contributed by atoms with Crippen LogP contribution in [0.1, 0.15) is 22.0 Å². The number of amides is 1. The molecular formula is C31H22Cl2N6O2. The van der Waals surface area contributed by atoms with E-state index in [4.69, 9.17) is 27.6 Å². The van der Waals surface area contributed by atoms with Crippen LogP contribution in [-0.2, 0) is 6.54 Å². The van der Waals surface area contributed by atoms with Gasteiger partial charge in [0.25, 0.3) is 5.91 Å². The van der Waals surface area contributed by atoms with Crippen LogP contribution in [0.15, 0.2) is 114 Å². The third-order valence-corrected chi connectivity index (χ3v) is 7.07. The van der Waals surface area contributed by atoms with E-state index >= 15 is 0 Å². The maximum atomic E-state index is 13.2. The van der Waals surface area contributed by atoms with Crippen molar-refractivity contribution in [2.75, 3.05) is 0 Å². The topological polar surface area (TPSA) is 98.7 Å². The summed E-state index contributed by atoms with van der Waals surface area (Å²) in [5, 5.41) is 12.5. The normalized spacial score (nSPS) is 11.8. The molecule has 6 rings (SSSR count). The molecule has 1 atom stereocenters. The molecule has 6 aromatic rings. The number of imidazole rings is 1. The third-order valence-electron chi connectivity index (χ3n) is 6.51. The van der Waals surface area contributed by atoms with E-state index in [1.807, 2.05) is 59.3 Å². The summed E-state index contributed by atoms with van der Waals surface area (Å²) in [5.74, 6) is 0.496. The predicted octanol–water partition coefficient (Wildman–Crippen LogP) is 7.14. The Bertz CT molecular complexity index is 1770.